The van der Waals surface area contributed by atoms with Crippen LogP contribution in [0, 0.1) is 0 Å². The molecule has 0 saturated heterocycles. The zero-order valence-electron chi connectivity index (χ0n) is 23.6. The van der Waals surface area contributed by atoms with Crippen molar-refractivity contribution in [2.75, 3.05) is 0 Å². The standard InChI is InChI=1S/C40H28N2/c1-39(2)33-15-7-8-16-34(33)40(31-13-5-3-11-29(31)30-12-4-6-14-32(30)40)35-20-19-26(23-36(35)39)28-22-27-18-17-25-10-9-21-41-37(25)38(27)42-24-28/h3-24H,1-2H3. The van der Waals surface area contributed by atoms with Gasteiger partial charge in [-0.1, -0.05) is 117 Å². The fraction of sp³-hybridized carbons (Fsp3) is 0.100. The Kier molecular flexibility index (Phi) is 4.63. The molecule has 2 heteroatoms. The van der Waals surface area contributed by atoms with Crippen molar-refractivity contribution in [2.45, 2.75) is 24.7 Å². The Hall–Kier alpha value is -5.08. The van der Waals surface area contributed by atoms with Gasteiger partial charge in [0.15, 0.2) is 0 Å². The van der Waals surface area contributed by atoms with Gasteiger partial charge in [0, 0.05) is 34.1 Å². The lowest BCUT2D eigenvalue weighted by Gasteiger charge is -2.46. The summed E-state index contributed by atoms with van der Waals surface area (Å²) < 4.78 is 0. The Balaban J connectivity index is 1.33. The summed E-state index contributed by atoms with van der Waals surface area (Å²) in [5, 5.41) is 2.22. The average molecular weight is 537 g/mol. The molecule has 0 aliphatic heterocycles. The van der Waals surface area contributed by atoms with Crippen molar-refractivity contribution in [3.05, 3.63) is 167 Å². The number of pyridine rings is 2. The second kappa shape index (κ2) is 8.24. The van der Waals surface area contributed by atoms with E-state index in [1.165, 1.54) is 50.1 Å². The predicted octanol–water partition coefficient (Wildman–Crippen LogP) is 9.45. The summed E-state index contributed by atoms with van der Waals surface area (Å²) in [6.45, 7) is 4.76. The number of hydrogen-bond donors (Lipinski definition) is 0. The molecule has 0 saturated carbocycles. The fourth-order valence-electron chi connectivity index (χ4n) is 7.92. The Bertz CT molecular complexity index is 2190. The van der Waals surface area contributed by atoms with Gasteiger partial charge in [-0.15, -0.1) is 0 Å². The first-order chi connectivity index (χ1) is 20.6. The molecule has 7 aromatic rings. The van der Waals surface area contributed by atoms with E-state index in [-0.39, 0.29) is 10.8 Å². The Labute approximate surface area is 245 Å². The molecule has 0 radical (unpaired) electrons. The van der Waals surface area contributed by atoms with E-state index in [4.69, 9.17) is 4.98 Å². The zero-order valence-corrected chi connectivity index (χ0v) is 23.6. The van der Waals surface area contributed by atoms with E-state index in [0.29, 0.717) is 0 Å². The second-order valence-electron chi connectivity index (χ2n) is 12.2. The first-order valence-corrected chi connectivity index (χ1v) is 14.7. The van der Waals surface area contributed by atoms with Crippen LogP contribution in [-0.2, 0) is 10.8 Å². The molecule has 0 fully saturated rings. The van der Waals surface area contributed by atoms with Crippen LogP contribution in [0.2, 0.25) is 0 Å². The zero-order chi connectivity index (χ0) is 28.1. The molecule has 2 aliphatic rings. The molecule has 0 bridgehead atoms. The largest absolute Gasteiger partial charge is 0.254 e. The first kappa shape index (κ1) is 23.6. The minimum Gasteiger partial charge on any atom is -0.254 e. The highest BCUT2D eigenvalue weighted by Gasteiger charge is 2.53. The maximum absolute atomic E-state index is 4.94. The van der Waals surface area contributed by atoms with E-state index in [1.807, 2.05) is 18.5 Å². The third-order valence-corrected chi connectivity index (χ3v) is 9.81. The van der Waals surface area contributed by atoms with Gasteiger partial charge in [0.2, 0.25) is 0 Å². The molecule has 2 aliphatic carbocycles. The fourth-order valence-corrected chi connectivity index (χ4v) is 7.92. The summed E-state index contributed by atoms with van der Waals surface area (Å²) in [4.78, 5) is 9.56. The van der Waals surface area contributed by atoms with Crippen LogP contribution >= 0.6 is 0 Å². The van der Waals surface area contributed by atoms with Crippen LogP contribution < -0.4 is 0 Å². The number of fused-ring (bicyclic) bond motifs is 12. The lowest BCUT2D eigenvalue weighted by molar-refractivity contribution is 0.563. The van der Waals surface area contributed by atoms with Crippen molar-refractivity contribution in [1.82, 2.24) is 9.97 Å². The molecule has 0 atom stereocenters. The molecule has 2 aromatic heterocycles. The van der Waals surface area contributed by atoms with Crippen molar-refractivity contribution in [3.63, 3.8) is 0 Å². The highest BCUT2D eigenvalue weighted by molar-refractivity contribution is 6.03. The van der Waals surface area contributed by atoms with Gasteiger partial charge in [-0.2, -0.15) is 0 Å². The van der Waals surface area contributed by atoms with E-state index >= 15 is 0 Å². The number of hydrogen-bond acceptors (Lipinski definition) is 2. The molecule has 198 valence electrons. The monoisotopic (exact) mass is 536 g/mol. The topological polar surface area (TPSA) is 25.8 Å². The van der Waals surface area contributed by atoms with Gasteiger partial charge in [0.25, 0.3) is 0 Å². The lowest BCUT2D eigenvalue weighted by atomic mass is 9.55. The number of nitrogens with zero attached hydrogens (tertiary/aromatic N) is 2. The van der Waals surface area contributed by atoms with Gasteiger partial charge < -0.3 is 0 Å². The van der Waals surface area contributed by atoms with Gasteiger partial charge >= 0.3 is 0 Å². The van der Waals surface area contributed by atoms with Gasteiger partial charge in [-0.25, -0.2) is 0 Å². The van der Waals surface area contributed by atoms with Crippen LogP contribution in [0.15, 0.2) is 134 Å². The molecule has 1 spiro atoms. The van der Waals surface area contributed by atoms with E-state index in [1.54, 1.807) is 0 Å². The van der Waals surface area contributed by atoms with Crippen LogP contribution in [0.25, 0.3) is 44.1 Å². The summed E-state index contributed by atoms with van der Waals surface area (Å²) in [6, 6.07) is 44.9. The lowest BCUT2D eigenvalue weighted by Crippen LogP contribution is -2.40. The second-order valence-corrected chi connectivity index (χ2v) is 12.2. The Morgan fingerprint density at radius 2 is 1.07 bits per heavy atom. The van der Waals surface area contributed by atoms with Gasteiger partial charge in [-0.05, 0) is 68.3 Å². The quantitative estimate of drug-likeness (QED) is 0.195. The highest BCUT2D eigenvalue weighted by Crippen LogP contribution is 2.62. The van der Waals surface area contributed by atoms with E-state index in [9.17, 15) is 0 Å². The first-order valence-electron chi connectivity index (χ1n) is 14.7. The minimum absolute atomic E-state index is 0.177. The average Bonchev–Trinajstić information content (AvgIpc) is 3.34. The third-order valence-electron chi connectivity index (χ3n) is 9.81. The highest BCUT2D eigenvalue weighted by atomic mass is 14.7. The van der Waals surface area contributed by atoms with E-state index in [0.717, 1.165) is 27.4 Å². The van der Waals surface area contributed by atoms with E-state index < -0.39 is 0 Å². The number of aromatic nitrogens is 2. The Morgan fingerprint density at radius 1 is 0.452 bits per heavy atom. The van der Waals surface area contributed by atoms with Crippen LogP contribution in [0.5, 0.6) is 0 Å². The van der Waals surface area contributed by atoms with Crippen LogP contribution in [0.4, 0.5) is 0 Å². The van der Waals surface area contributed by atoms with Gasteiger partial charge in [0.1, 0.15) is 0 Å². The molecule has 2 heterocycles. The number of rotatable bonds is 1. The molecule has 42 heavy (non-hydrogen) atoms. The van der Waals surface area contributed by atoms with Crippen molar-refractivity contribution in [1.29, 1.82) is 0 Å². The minimum atomic E-state index is -0.362. The van der Waals surface area contributed by atoms with Crippen LogP contribution in [0.1, 0.15) is 47.2 Å². The van der Waals surface area contributed by atoms with Crippen molar-refractivity contribution in [3.8, 4) is 22.3 Å². The van der Waals surface area contributed by atoms with Crippen molar-refractivity contribution in [2.24, 2.45) is 0 Å². The smallest absolute Gasteiger partial charge is 0.0964 e. The van der Waals surface area contributed by atoms with Crippen LogP contribution in [0.3, 0.4) is 0 Å². The van der Waals surface area contributed by atoms with Crippen molar-refractivity contribution >= 4 is 21.8 Å². The normalized spacial score (nSPS) is 15.3. The molecule has 0 N–H and O–H groups in total. The van der Waals surface area contributed by atoms with Crippen LogP contribution in [-0.4, -0.2) is 9.97 Å². The molecule has 0 amide bonds. The maximum atomic E-state index is 4.94. The molecule has 9 rings (SSSR count). The summed E-state index contributed by atoms with van der Waals surface area (Å²) in [5.74, 6) is 0. The molecule has 0 unspecified atom stereocenters. The predicted molar refractivity (Wildman–Crippen MR) is 172 cm³/mol. The molecule has 2 nitrogen and oxygen atoms in total. The van der Waals surface area contributed by atoms with Crippen molar-refractivity contribution < 1.29 is 0 Å². The summed E-state index contributed by atoms with van der Waals surface area (Å²) >= 11 is 0. The van der Waals surface area contributed by atoms with Gasteiger partial charge in [0.05, 0.1) is 16.4 Å². The molecular weight excluding hydrogens is 508 g/mol. The third kappa shape index (κ3) is 2.89. The molecule has 5 aromatic carbocycles. The maximum Gasteiger partial charge on any atom is 0.0964 e. The molecular formula is C40H28N2. The van der Waals surface area contributed by atoms with Gasteiger partial charge in [-0.3, -0.25) is 9.97 Å². The SMILES string of the molecule is CC1(C)c2ccccc2C2(c3ccccc3-c3ccccc32)c2ccc(-c3cnc4c(ccc5cccnc54)c3)cc21. The number of benzene rings is 5. The van der Waals surface area contributed by atoms with E-state index in [2.05, 4.69) is 134 Å². The summed E-state index contributed by atoms with van der Waals surface area (Å²) in [5.41, 5.74) is 14.6. The summed E-state index contributed by atoms with van der Waals surface area (Å²) in [7, 11) is 0. The Morgan fingerprint density at radius 3 is 1.83 bits per heavy atom. The summed E-state index contributed by atoms with van der Waals surface area (Å²) in [6.07, 6.45) is 3.85.